The van der Waals surface area contributed by atoms with Crippen molar-refractivity contribution >= 4 is 28.2 Å². The summed E-state index contributed by atoms with van der Waals surface area (Å²) in [6.07, 6.45) is 1.73. The number of nitrogens with zero attached hydrogens (tertiary/aromatic N) is 3. The van der Waals surface area contributed by atoms with E-state index in [4.69, 9.17) is 11.6 Å². The molecule has 0 unspecified atom stereocenters. The summed E-state index contributed by atoms with van der Waals surface area (Å²) in [6, 6.07) is 5.59. The lowest BCUT2D eigenvalue weighted by atomic mass is 10.2. The third-order valence-electron chi connectivity index (χ3n) is 2.06. The van der Waals surface area contributed by atoms with Gasteiger partial charge in [0.2, 0.25) is 0 Å². The number of halogens is 1. The lowest BCUT2D eigenvalue weighted by molar-refractivity contribution is 1.04. The Kier molecular flexibility index (Phi) is 2.25. The first-order chi connectivity index (χ1) is 6.68. The van der Waals surface area contributed by atoms with Crippen LogP contribution in [0.25, 0.3) is 10.9 Å². The fraction of sp³-hybridized carbons (Fsp3) is 0.200. The smallest absolute Gasteiger partial charge is 0.0951 e. The Morgan fingerprint density at radius 2 is 2.07 bits per heavy atom. The van der Waals surface area contributed by atoms with Gasteiger partial charge >= 0.3 is 0 Å². The Bertz CT molecular complexity index is 468. The Morgan fingerprint density at radius 1 is 1.29 bits per heavy atom. The summed E-state index contributed by atoms with van der Waals surface area (Å²) in [6.45, 7) is 0. The topological polar surface area (TPSA) is 29.0 Å². The molecule has 0 aliphatic rings. The molecule has 0 saturated heterocycles. The first-order valence-electron chi connectivity index (χ1n) is 4.27. The van der Waals surface area contributed by atoms with Crippen molar-refractivity contribution < 1.29 is 0 Å². The molecule has 4 heteroatoms. The van der Waals surface area contributed by atoms with Crippen LogP contribution in [0.3, 0.4) is 0 Å². The van der Waals surface area contributed by atoms with Gasteiger partial charge < -0.3 is 4.90 Å². The number of hydrogen-bond acceptors (Lipinski definition) is 3. The summed E-state index contributed by atoms with van der Waals surface area (Å²) in [7, 11) is 3.94. The van der Waals surface area contributed by atoms with E-state index in [2.05, 4.69) is 10.2 Å². The average molecular weight is 208 g/mol. The van der Waals surface area contributed by atoms with E-state index < -0.39 is 0 Å². The second kappa shape index (κ2) is 3.42. The molecule has 0 N–H and O–H groups in total. The molecule has 0 amide bonds. The molecule has 0 aliphatic heterocycles. The van der Waals surface area contributed by atoms with E-state index in [1.807, 2.05) is 37.2 Å². The summed E-state index contributed by atoms with van der Waals surface area (Å²) in [5, 5.41) is 9.70. The summed E-state index contributed by atoms with van der Waals surface area (Å²) >= 11 is 5.93. The van der Waals surface area contributed by atoms with Crippen molar-refractivity contribution in [3.05, 3.63) is 29.4 Å². The van der Waals surface area contributed by atoms with Crippen LogP contribution in [0.2, 0.25) is 5.02 Å². The zero-order chi connectivity index (χ0) is 10.1. The van der Waals surface area contributed by atoms with Gasteiger partial charge in [-0.3, -0.25) is 0 Å². The maximum atomic E-state index is 5.93. The fourth-order valence-electron chi connectivity index (χ4n) is 1.37. The third-order valence-corrected chi connectivity index (χ3v) is 2.30. The van der Waals surface area contributed by atoms with E-state index in [9.17, 15) is 0 Å². The molecule has 0 spiro atoms. The van der Waals surface area contributed by atoms with Gasteiger partial charge in [-0.25, -0.2) is 0 Å². The molecular formula is C10H10ClN3. The van der Waals surface area contributed by atoms with E-state index in [1.54, 1.807) is 6.20 Å². The Morgan fingerprint density at radius 3 is 2.79 bits per heavy atom. The van der Waals surface area contributed by atoms with Crippen molar-refractivity contribution in [1.82, 2.24) is 10.2 Å². The molecule has 0 saturated carbocycles. The SMILES string of the molecule is CN(C)c1cnnc2ccc(Cl)cc12. The molecule has 0 bridgehead atoms. The zero-order valence-electron chi connectivity index (χ0n) is 8.03. The predicted octanol–water partition coefficient (Wildman–Crippen LogP) is 2.35. The Labute approximate surface area is 87.3 Å². The van der Waals surface area contributed by atoms with E-state index in [-0.39, 0.29) is 0 Å². The van der Waals surface area contributed by atoms with Crippen LogP contribution in [0, 0.1) is 0 Å². The standard InChI is InChI=1S/C10H10ClN3/c1-14(2)10-6-12-13-9-4-3-7(11)5-8(9)10/h3-6H,1-2H3. The predicted molar refractivity (Wildman–Crippen MR) is 58.9 cm³/mol. The number of anilines is 1. The van der Waals surface area contributed by atoms with Crippen LogP contribution in [0.1, 0.15) is 0 Å². The van der Waals surface area contributed by atoms with Crippen LogP contribution < -0.4 is 4.90 Å². The van der Waals surface area contributed by atoms with Gasteiger partial charge in [0.25, 0.3) is 0 Å². The minimum atomic E-state index is 0.716. The molecule has 2 aromatic rings. The average Bonchev–Trinajstić information content (AvgIpc) is 2.16. The second-order valence-electron chi connectivity index (χ2n) is 3.29. The highest BCUT2D eigenvalue weighted by atomic mass is 35.5. The van der Waals surface area contributed by atoms with Crippen molar-refractivity contribution in [2.45, 2.75) is 0 Å². The quantitative estimate of drug-likeness (QED) is 0.719. The molecule has 1 aromatic carbocycles. The van der Waals surface area contributed by atoms with E-state index >= 15 is 0 Å². The lowest BCUT2D eigenvalue weighted by Gasteiger charge is -2.13. The molecule has 0 radical (unpaired) electrons. The van der Waals surface area contributed by atoms with Crippen LogP contribution in [0.4, 0.5) is 5.69 Å². The van der Waals surface area contributed by atoms with Crippen LogP contribution >= 0.6 is 11.6 Å². The molecule has 1 heterocycles. The van der Waals surface area contributed by atoms with Crippen LogP contribution in [0.5, 0.6) is 0 Å². The van der Waals surface area contributed by atoms with Crippen LogP contribution in [-0.2, 0) is 0 Å². The zero-order valence-corrected chi connectivity index (χ0v) is 8.78. The highest BCUT2D eigenvalue weighted by Gasteiger charge is 2.04. The van der Waals surface area contributed by atoms with Gasteiger partial charge in [0.1, 0.15) is 0 Å². The van der Waals surface area contributed by atoms with Crippen molar-refractivity contribution in [1.29, 1.82) is 0 Å². The van der Waals surface area contributed by atoms with Gasteiger partial charge in [0.05, 0.1) is 17.4 Å². The van der Waals surface area contributed by atoms with Crippen LogP contribution in [-0.4, -0.2) is 24.3 Å². The van der Waals surface area contributed by atoms with E-state index in [0.29, 0.717) is 5.02 Å². The lowest BCUT2D eigenvalue weighted by Crippen LogP contribution is -2.09. The monoisotopic (exact) mass is 207 g/mol. The van der Waals surface area contributed by atoms with Gasteiger partial charge in [-0.05, 0) is 18.2 Å². The molecule has 0 aliphatic carbocycles. The first kappa shape index (κ1) is 9.21. The molecular weight excluding hydrogens is 198 g/mol. The molecule has 2 rings (SSSR count). The summed E-state index contributed by atoms with van der Waals surface area (Å²) in [5.74, 6) is 0. The first-order valence-corrected chi connectivity index (χ1v) is 4.64. The fourth-order valence-corrected chi connectivity index (χ4v) is 1.54. The summed E-state index contributed by atoms with van der Waals surface area (Å²) in [4.78, 5) is 1.99. The second-order valence-corrected chi connectivity index (χ2v) is 3.72. The van der Waals surface area contributed by atoms with Gasteiger partial charge in [-0.2, -0.15) is 10.2 Å². The van der Waals surface area contributed by atoms with Crippen molar-refractivity contribution in [2.75, 3.05) is 19.0 Å². The summed E-state index contributed by atoms with van der Waals surface area (Å²) in [5.41, 5.74) is 1.89. The van der Waals surface area contributed by atoms with Crippen LogP contribution in [0.15, 0.2) is 24.4 Å². The molecule has 14 heavy (non-hydrogen) atoms. The van der Waals surface area contributed by atoms with Crippen molar-refractivity contribution in [3.8, 4) is 0 Å². The van der Waals surface area contributed by atoms with E-state index in [1.165, 1.54) is 0 Å². The molecule has 1 aromatic heterocycles. The van der Waals surface area contributed by atoms with Gasteiger partial charge in [0.15, 0.2) is 0 Å². The van der Waals surface area contributed by atoms with Gasteiger partial charge in [0, 0.05) is 24.5 Å². The number of aromatic nitrogens is 2. The van der Waals surface area contributed by atoms with Crippen molar-refractivity contribution in [2.24, 2.45) is 0 Å². The maximum Gasteiger partial charge on any atom is 0.0951 e. The summed E-state index contributed by atoms with van der Waals surface area (Å²) < 4.78 is 0. The molecule has 0 atom stereocenters. The third kappa shape index (κ3) is 1.51. The van der Waals surface area contributed by atoms with Gasteiger partial charge in [-0.1, -0.05) is 11.6 Å². The maximum absolute atomic E-state index is 5.93. The molecule has 72 valence electrons. The minimum Gasteiger partial charge on any atom is -0.376 e. The Balaban J connectivity index is 2.77. The molecule has 3 nitrogen and oxygen atoms in total. The highest BCUT2D eigenvalue weighted by Crippen LogP contribution is 2.25. The normalized spacial score (nSPS) is 10.5. The number of benzene rings is 1. The Hall–Kier alpha value is -1.35. The minimum absolute atomic E-state index is 0.716. The highest BCUT2D eigenvalue weighted by molar-refractivity contribution is 6.31. The molecule has 0 fully saturated rings. The largest absolute Gasteiger partial charge is 0.376 e. The number of rotatable bonds is 1. The van der Waals surface area contributed by atoms with Crippen molar-refractivity contribution in [3.63, 3.8) is 0 Å². The van der Waals surface area contributed by atoms with E-state index in [0.717, 1.165) is 16.6 Å². The number of fused-ring (bicyclic) bond motifs is 1. The number of hydrogen-bond donors (Lipinski definition) is 0. The van der Waals surface area contributed by atoms with Gasteiger partial charge in [-0.15, -0.1) is 0 Å².